The van der Waals surface area contributed by atoms with Crippen LogP contribution in [0.15, 0.2) is 24.3 Å². The van der Waals surface area contributed by atoms with Crippen LogP contribution < -0.4 is 10.6 Å². The third-order valence-corrected chi connectivity index (χ3v) is 4.15. The molecule has 0 aliphatic heterocycles. The van der Waals surface area contributed by atoms with Gasteiger partial charge in [0.25, 0.3) is 0 Å². The third-order valence-electron chi connectivity index (χ3n) is 4.15. The summed E-state index contributed by atoms with van der Waals surface area (Å²) in [4.78, 5) is 22.7. The van der Waals surface area contributed by atoms with Gasteiger partial charge in [-0.1, -0.05) is 32.0 Å². The predicted octanol–water partition coefficient (Wildman–Crippen LogP) is 2.27. The maximum absolute atomic E-state index is 11.7. The number of benzene rings is 1. The summed E-state index contributed by atoms with van der Waals surface area (Å²) in [6, 6.07) is 6.66. The van der Waals surface area contributed by atoms with Crippen LogP contribution in [-0.4, -0.2) is 30.2 Å². The molecule has 3 N–H and O–H groups in total. The molecule has 1 aliphatic rings. The number of aromatic carboxylic acids is 1. The van der Waals surface area contributed by atoms with Gasteiger partial charge in [-0.2, -0.15) is 0 Å². The molecule has 114 valence electrons. The lowest BCUT2D eigenvalue weighted by Crippen LogP contribution is -2.38. The number of carboxylic acid groups (broad SMARTS) is 1. The van der Waals surface area contributed by atoms with Crippen LogP contribution in [0.2, 0.25) is 0 Å². The van der Waals surface area contributed by atoms with E-state index in [2.05, 4.69) is 24.5 Å². The Morgan fingerprint density at radius 2 is 1.95 bits per heavy atom. The lowest BCUT2D eigenvalue weighted by molar-refractivity contribution is 0.0695. The number of amides is 2. The van der Waals surface area contributed by atoms with Crippen molar-refractivity contribution < 1.29 is 14.7 Å². The normalized spacial score (nSPS) is 18.9. The highest BCUT2D eigenvalue weighted by Crippen LogP contribution is 2.50. The molecule has 0 aromatic heterocycles. The molecule has 1 aliphatic carbocycles. The van der Waals surface area contributed by atoms with Gasteiger partial charge in [0, 0.05) is 13.1 Å². The van der Waals surface area contributed by atoms with Crippen molar-refractivity contribution in [3.8, 4) is 0 Å². The highest BCUT2D eigenvalue weighted by molar-refractivity contribution is 5.89. The van der Waals surface area contributed by atoms with Crippen molar-refractivity contribution in [1.82, 2.24) is 10.6 Å². The molecular formula is C16H22N2O3. The first-order valence-electron chi connectivity index (χ1n) is 7.23. The minimum Gasteiger partial charge on any atom is -0.478 e. The van der Waals surface area contributed by atoms with Crippen molar-refractivity contribution in [2.24, 2.45) is 11.3 Å². The molecule has 1 unspecified atom stereocenters. The Labute approximate surface area is 124 Å². The first-order chi connectivity index (χ1) is 9.90. The zero-order valence-corrected chi connectivity index (χ0v) is 12.5. The molecule has 0 radical (unpaired) electrons. The molecule has 1 saturated carbocycles. The first-order valence-corrected chi connectivity index (χ1v) is 7.23. The van der Waals surface area contributed by atoms with Crippen LogP contribution in [0.5, 0.6) is 0 Å². The number of hydrogen-bond donors (Lipinski definition) is 3. The van der Waals surface area contributed by atoms with Gasteiger partial charge < -0.3 is 15.7 Å². The monoisotopic (exact) mass is 290 g/mol. The van der Waals surface area contributed by atoms with E-state index in [1.807, 2.05) is 0 Å². The number of rotatable bonds is 6. The fourth-order valence-electron chi connectivity index (χ4n) is 2.46. The van der Waals surface area contributed by atoms with E-state index in [-0.39, 0.29) is 6.03 Å². The molecule has 21 heavy (non-hydrogen) atoms. The third kappa shape index (κ3) is 4.21. The largest absolute Gasteiger partial charge is 0.478 e. The van der Waals surface area contributed by atoms with Crippen molar-refractivity contribution >= 4 is 12.0 Å². The fraction of sp³-hybridized carbons (Fsp3) is 0.500. The van der Waals surface area contributed by atoms with Crippen molar-refractivity contribution in [1.29, 1.82) is 0 Å². The topological polar surface area (TPSA) is 78.4 Å². The Hall–Kier alpha value is -2.04. The maximum atomic E-state index is 11.7. The highest BCUT2D eigenvalue weighted by Gasteiger charge is 2.45. The quantitative estimate of drug-likeness (QED) is 0.752. The smallest absolute Gasteiger partial charge is 0.335 e. The first kappa shape index (κ1) is 15.4. The van der Waals surface area contributed by atoms with Gasteiger partial charge in [-0.15, -0.1) is 0 Å². The second-order valence-corrected chi connectivity index (χ2v) is 6.24. The van der Waals surface area contributed by atoms with Crippen LogP contribution in [0, 0.1) is 11.3 Å². The standard InChI is InChI=1S/C16H22N2O3/c1-16(2)9-12(16)10-18-15(21)17-8-7-11-5-3-4-6-13(11)14(19)20/h3-6,12H,7-10H2,1-2H3,(H,19,20)(H2,17,18,21). The number of carbonyl (C=O) groups excluding carboxylic acids is 1. The zero-order valence-electron chi connectivity index (χ0n) is 12.5. The highest BCUT2D eigenvalue weighted by atomic mass is 16.4. The van der Waals surface area contributed by atoms with Crippen molar-refractivity contribution in [3.63, 3.8) is 0 Å². The van der Waals surface area contributed by atoms with Crippen LogP contribution >= 0.6 is 0 Å². The molecular weight excluding hydrogens is 268 g/mol. The Morgan fingerprint density at radius 3 is 2.57 bits per heavy atom. The second kappa shape index (κ2) is 6.16. The molecule has 2 rings (SSSR count). The zero-order chi connectivity index (χ0) is 15.5. The van der Waals surface area contributed by atoms with Crippen molar-refractivity contribution in [2.45, 2.75) is 26.7 Å². The Balaban J connectivity index is 1.72. The number of urea groups is 1. The van der Waals surface area contributed by atoms with Gasteiger partial charge >= 0.3 is 12.0 Å². The van der Waals surface area contributed by atoms with Gasteiger partial charge in [0.15, 0.2) is 0 Å². The Kier molecular flexibility index (Phi) is 4.50. The number of hydrogen-bond acceptors (Lipinski definition) is 2. The molecule has 1 atom stereocenters. The van der Waals surface area contributed by atoms with Gasteiger partial charge in [0.1, 0.15) is 0 Å². The van der Waals surface area contributed by atoms with Crippen molar-refractivity contribution in [2.75, 3.05) is 13.1 Å². The van der Waals surface area contributed by atoms with Gasteiger partial charge in [-0.3, -0.25) is 0 Å². The van der Waals surface area contributed by atoms with E-state index in [0.29, 0.717) is 36.4 Å². The minimum atomic E-state index is -0.939. The van der Waals surface area contributed by atoms with E-state index >= 15 is 0 Å². The average Bonchev–Trinajstić information content (AvgIpc) is 3.04. The molecule has 5 heteroatoms. The van der Waals surface area contributed by atoms with E-state index in [1.165, 1.54) is 0 Å². The van der Waals surface area contributed by atoms with Gasteiger partial charge in [-0.25, -0.2) is 9.59 Å². The second-order valence-electron chi connectivity index (χ2n) is 6.24. The molecule has 0 spiro atoms. The molecule has 1 aromatic rings. The number of carboxylic acids is 1. The molecule has 1 aromatic carbocycles. The minimum absolute atomic E-state index is 0.189. The van der Waals surface area contributed by atoms with Gasteiger partial charge in [0.05, 0.1) is 5.56 Å². The maximum Gasteiger partial charge on any atom is 0.335 e. The summed E-state index contributed by atoms with van der Waals surface area (Å²) in [5.74, 6) is -0.373. The number of carbonyl (C=O) groups is 2. The summed E-state index contributed by atoms with van der Waals surface area (Å²) in [6.07, 6.45) is 1.66. The van der Waals surface area contributed by atoms with Gasteiger partial charge in [0.2, 0.25) is 0 Å². The summed E-state index contributed by atoms with van der Waals surface area (Å²) < 4.78 is 0. The molecule has 5 nitrogen and oxygen atoms in total. The van der Waals surface area contributed by atoms with Crippen LogP contribution in [0.1, 0.15) is 36.2 Å². The Bertz CT molecular complexity index is 540. The van der Waals surface area contributed by atoms with E-state index in [0.717, 1.165) is 12.0 Å². The average molecular weight is 290 g/mol. The van der Waals surface area contributed by atoms with Crippen molar-refractivity contribution in [3.05, 3.63) is 35.4 Å². The Morgan fingerprint density at radius 1 is 1.29 bits per heavy atom. The predicted molar refractivity (Wildman–Crippen MR) is 80.4 cm³/mol. The summed E-state index contributed by atoms with van der Waals surface area (Å²) in [5, 5.41) is 14.7. The molecule has 0 saturated heterocycles. The summed E-state index contributed by atoms with van der Waals surface area (Å²) >= 11 is 0. The molecule has 2 amide bonds. The van der Waals surface area contributed by atoms with Crippen LogP contribution in [0.3, 0.4) is 0 Å². The van der Waals surface area contributed by atoms with Crippen LogP contribution in [0.25, 0.3) is 0 Å². The SMILES string of the molecule is CC1(C)CC1CNC(=O)NCCc1ccccc1C(=O)O. The van der Waals surface area contributed by atoms with Crippen LogP contribution in [0.4, 0.5) is 4.79 Å². The van der Waals surface area contributed by atoms with E-state index < -0.39 is 5.97 Å². The van der Waals surface area contributed by atoms with E-state index in [9.17, 15) is 9.59 Å². The lowest BCUT2D eigenvalue weighted by Gasteiger charge is -2.09. The number of nitrogens with one attached hydrogen (secondary N) is 2. The van der Waals surface area contributed by atoms with Gasteiger partial charge in [-0.05, 0) is 35.8 Å². The summed E-state index contributed by atoms with van der Waals surface area (Å²) in [6.45, 7) is 5.51. The summed E-state index contributed by atoms with van der Waals surface area (Å²) in [7, 11) is 0. The lowest BCUT2D eigenvalue weighted by atomic mass is 10.0. The molecule has 0 bridgehead atoms. The molecule has 1 fully saturated rings. The van der Waals surface area contributed by atoms with E-state index in [4.69, 9.17) is 5.11 Å². The summed E-state index contributed by atoms with van der Waals surface area (Å²) in [5.41, 5.74) is 1.38. The van der Waals surface area contributed by atoms with Crippen LogP contribution in [-0.2, 0) is 6.42 Å². The molecule has 0 heterocycles. The fourth-order valence-corrected chi connectivity index (χ4v) is 2.46. The van der Waals surface area contributed by atoms with E-state index in [1.54, 1.807) is 24.3 Å².